The number of nitriles is 1. The first-order valence-electron chi connectivity index (χ1n) is 11.4. The Morgan fingerprint density at radius 1 is 1.22 bits per heavy atom. The molecule has 0 saturated carbocycles. The summed E-state index contributed by atoms with van der Waals surface area (Å²) in [6.07, 6.45) is 2.62. The van der Waals surface area contributed by atoms with Crippen molar-refractivity contribution in [3.8, 4) is 28.0 Å². The van der Waals surface area contributed by atoms with Gasteiger partial charge in [-0.15, -0.1) is 0 Å². The third-order valence-electron chi connectivity index (χ3n) is 6.03. The number of hydrogen-bond acceptors (Lipinski definition) is 6. The first-order chi connectivity index (χ1) is 15.5. The van der Waals surface area contributed by atoms with E-state index in [9.17, 15) is 10.4 Å². The van der Waals surface area contributed by atoms with Crippen molar-refractivity contribution >= 4 is 11.5 Å². The number of likely N-dealkylation sites (tertiary alicyclic amines) is 1. The van der Waals surface area contributed by atoms with Gasteiger partial charge in [-0.05, 0) is 59.5 Å². The molecule has 1 saturated heterocycles. The van der Waals surface area contributed by atoms with Crippen LogP contribution in [-0.4, -0.2) is 45.1 Å². The van der Waals surface area contributed by atoms with E-state index in [0.29, 0.717) is 5.92 Å². The van der Waals surface area contributed by atoms with Crippen LogP contribution in [0.25, 0.3) is 22.0 Å². The van der Waals surface area contributed by atoms with Crippen molar-refractivity contribution in [1.82, 2.24) is 14.3 Å². The Bertz CT molecular complexity index is 1130. The lowest BCUT2D eigenvalue weighted by molar-refractivity contribution is 0.00308. The molecule has 32 heavy (non-hydrogen) atoms. The van der Waals surface area contributed by atoms with Crippen LogP contribution in [0.5, 0.6) is 0 Å². The molecule has 0 atom stereocenters. The summed E-state index contributed by atoms with van der Waals surface area (Å²) in [6.45, 7) is 9.02. The summed E-state index contributed by atoms with van der Waals surface area (Å²) in [5.74, 6) is 1.26. The molecule has 0 spiro atoms. The van der Waals surface area contributed by atoms with Crippen LogP contribution in [0.1, 0.15) is 43.0 Å². The molecule has 1 fully saturated rings. The Hall–Kier alpha value is -2.59. The topological polar surface area (TPSA) is 73.0 Å². The largest absolute Gasteiger partial charge is 0.390 e. The van der Waals surface area contributed by atoms with E-state index in [1.54, 1.807) is 0 Å². The average molecular weight is 447 g/mol. The molecule has 166 valence electrons. The van der Waals surface area contributed by atoms with Crippen LogP contribution >= 0.6 is 11.5 Å². The number of β-amino-alcohol motifs (C(OH)–C–C–N with tert-alkyl or cyclic N) is 1. The Balaban J connectivity index is 1.58. The molecule has 5 nitrogen and oxygen atoms in total. The van der Waals surface area contributed by atoms with Gasteiger partial charge < -0.3 is 5.11 Å². The highest BCUT2D eigenvalue weighted by Crippen LogP contribution is 2.31. The van der Waals surface area contributed by atoms with Crippen molar-refractivity contribution in [2.45, 2.75) is 46.1 Å². The lowest BCUT2D eigenvalue weighted by Crippen LogP contribution is -2.51. The van der Waals surface area contributed by atoms with Gasteiger partial charge >= 0.3 is 0 Å². The maximum absolute atomic E-state index is 9.61. The summed E-state index contributed by atoms with van der Waals surface area (Å²) in [6, 6.07) is 14.8. The van der Waals surface area contributed by atoms with E-state index in [1.165, 1.54) is 22.7 Å². The summed E-state index contributed by atoms with van der Waals surface area (Å²) >= 11 is 1.39. The van der Waals surface area contributed by atoms with Gasteiger partial charge in [0.05, 0.1) is 17.7 Å². The smallest absolute Gasteiger partial charge is 0.173 e. The molecule has 1 N–H and O–H groups in total. The lowest BCUT2D eigenvalue weighted by atomic mass is 9.95. The highest BCUT2D eigenvalue weighted by Gasteiger charge is 2.24. The zero-order valence-corrected chi connectivity index (χ0v) is 19.8. The van der Waals surface area contributed by atoms with Crippen LogP contribution in [0.2, 0.25) is 0 Å². The number of hydrogen-bond donors (Lipinski definition) is 1. The van der Waals surface area contributed by atoms with Gasteiger partial charge in [0.15, 0.2) is 5.82 Å². The summed E-state index contributed by atoms with van der Waals surface area (Å²) in [5, 5.41) is 20.0. The van der Waals surface area contributed by atoms with Crippen LogP contribution < -0.4 is 0 Å². The number of aliphatic hydroxyl groups excluding tert-OH is 1. The Labute approximate surface area is 194 Å². The highest BCUT2D eigenvalue weighted by atomic mass is 32.1. The van der Waals surface area contributed by atoms with E-state index in [4.69, 9.17) is 4.98 Å². The lowest BCUT2D eigenvalue weighted by Gasteiger charge is -2.35. The average Bonchev–Trinajstić information content (AvgIpc) is 3.25. The van der Waals surface area contributed by atoms with Crippen molar-refractivity contribution in [2.75, 3.05) is 19.6 Å². The third-order valence-corrected chi connectivity index (χ3v) is 6.80. The molecular formula is C26H30N4OS. The van der Waals surface area contributed by atoms with E-state index in [2.05, 4.69) is 66.4 Å². The molecule has 1 aliphatic heterocycles. The van der Waals surface area contributed by atoms with E-state index >= 15 is 0 Å². The van der Waals surface area contributed by atoms with Crippen molar-refractivity contribution in [2.24, 2.45) is 5.92 Å². The summed E-state index contributed by atoms with van der Waals surface area (Å²) in [7, 11) is 0. The highest BCUT2D eigenvalue weighted by molar-refractivity contribution is 7.09. The molecule has 0 aliphatic carbocycles. The van der Waals surface area contributed by atoms with Crippen LogP contribution in [-0.2, 0) is 19.3 Å². The number of aromatic nitrogens is 2. The molecule has 1 aromatic heterocycles. The first kappa shape index (κ1) is 22.6. The zero-order chi connectivity index (χ0) is 22.7. The predicted molar refractivity (Wildman–Crippen MR) is 130 cm³/mol. The van der Waals surface area contributed by atoms with E-state index < -0.39 is 0 Å². The maximum Gasteiger partial charge on any atom is 0.173 e. The molecule has 6 heteroatoms. The van der Waals surface area contributed by atoms with Crippen LogP contribution in [0.3, 0.4) is 0 Å². The van der Waals surface area contributed by atoms with Gasteiger partial charge in [0.2, 0.25) is 0 Å². The minimum atomic E-state index is -0.161. The number of rotatable bonds is 8. The minimum Gasteiger partial charge on any atom is -0.390 e. The first-order valence-corrected chi connectivity index (χ1v) is 12.1. The van der Waals surface area contributed by atoms with Crippen LogP contribution in [0.4, 0.5) is 0 Å². The number of aliphatic hydroxyl groups is 1. The van der Waals surface area contributed by atoms with E-state index in [1.807, 2.05) is 6.07 Å². The van der Waals surface area contributed by atoms with Gasteiger partial charge in [-0.2, -0.15) is 9.64 Å². The molecule has 2 heterocycles. The molecule has 0 bridgehead atoms. The van der Waals surface area contributed by atoms with Crippen LogP contribution in [0, 0.1) is 17.2 Å². The molecule has 1 aliphatic rings. The summed E-state index contributed by atoms with van der Waals surface area (Å²) < 4.78 is 4.68. The van der Waals surface area contributed by atoms with Gasteiger partial charge in [-0.25, -0.2) is 4.98 Å². The fraction of sp³-hybridized carbons (Fsp3) is 0.423. The van der Waals surface area contributed by atoms with Gasteiger partial charge in [0.1, 0.15) is 5.01 Å². The molecule has 4 rings (SSSR count). The fourth-order valence-corrected chi connectivity index (χ4v) is 5.05. The van der Waals surface area contributed by atoms with Crippen molar-refractivity contribution < 1.29 is 5.11 Å². The standard InChI is InChI=1S/C26H30N4OS/c1-4-23-18(10-11-30-15-22(31)16-30)6-5-7-24(23)25-28-26(32-29-25)20-9-8-19(12-17(2)3)21(13-20)14-27/h5-9,13,17,22,31H,4,10-12,15-16H2,1-3H3. The molecule has 0 radical (unpaired) electrons. The van der Waals surface area contributed by atoms with E-state index in [-0.39, 0.29) is 6.10 Å². The normalized spacial score (nSPS) is 14.5. The summed E-state index contributed by atoms with van der Waals surface area (Å²) in [4.78, 5) is 7.14. The molecule has 0 amide bonds. The molecular weight excluding hydrogens is 416 g/mol. The van der Waals surface area contributed by atoms with Crippen molar-refractivity contribution in [3.05, 3.63) is 58.7 Å². The summed E-state index contributed by atoms with van der Waals surface area (Å²) in [5.41, 5.74) is 6.47. The maximum atomic E-state index is 9.61. The Morgan fingerprint density at radius 3 is 2.72 bits per heavy atom. The van der Waals surface area contributed by atoms with Crippen molar-refractivity contribution in [3.63, 3.8) is 0 Å². The zero-order valence-electron chi connectivity index (χ0n) is 19.0. The van der Waals surface area contributed by atoms with Crippen LogP contribution in [0.15, 0.2) is 36.4 Å². The monoisotopic (exact) mass is 446 g/mol. The molecule has 2 aromatic carbocycles. The van der Waals surface area contributed by atoms with Gasteiger partial charge in [-0.3, -0.25) is 4.90 Å². The van der Waals surface area contributed by atoms with Crippen molar-refractivity contribution in [1.29, 1.82) is 5.26 Å². The Kier molecular flexibility index (Phi) is 7.00. The number of benzene rings is 2. The second-order valence-electron chi connectivity index (χ2n) is 8.97. The van der Waals surface area contributed by atoms with Gasteiger partial charge in [-0.1, -0.05) is 51.1 Å². The van der Waals surface area contributed by atoms with Gasteiger partial charge in [0, 0.05) is 30.8 Å². The quantitative estimate of drug-likeness (QED) is 0.542. The van der Waals surface area contributed by atoms with Gasteiger partial charge in [0.25, 0.3) is 0 Å². The Morgan fingerprint density at radius 2 is 2.03 bits per heavy atom. The predicted octanol–water partition coefficient (Wildman–Crippen LogP) is 4.72. The third kappa shape index (κ3) is 4.91. The molecule has 0 unspecified atom stereocenters. The second kappa shape index (κ2) is 9.91. The van der Waals surface area contributed by atoms with E-state index in [0.717, 1.165) is 72.0 Å². The SMILES string of the molecule is CCc1c(CCN2CC(O)C2)cccc1-c1nsc(-c2ccc(CC(C)C)c(C#N)c2)n1. The number of nitrogens with zero attached hydrogens (tertiary/aromatic N) is 4. The fourth-order valence-electron chi connectivity index (χ4n) is 4.38. The minimum absolute atomic E-state index is 0.161. The molecule has 3 aromatic rings. The second-order valence-corrected chi connectivity index (χ2v) is 9.72.